The molecular formula is C17H26N2O. The predicted molar refractivity (Wildman–Crippen MR) is 83.6 cm³/mol. The van der Waals surface area contributed by atoms with Crippen molar-refractivity contribution in [2.45, 2.75) is 52.0 Å². The molecule has 1 aromatic carbocycles. The number of carbonyl (C=O) groups is 1. The maximum absolute atomic E-state index is 11.2. The average molecular weight is 274 g/mol. The molecule has 0 radical (unpaired) electrons. The molecular weight excluding hydrogens is 248 g/mol. The molecule has 3 heteroatoms. The SMILES string of the molecule is CC(=O)Nc1ccccc1CNCCCC1CCCC1. The summed E-state index contributed by atoms with van der Waals surface area (Å²) in [5, 5.41) is 6.37. The highest BCUT2D eigenvalue weighted by Gasteiger charge is 2.13. The minimum absolute atomic E-state index is 0.0151. The fourth-order valence-corrected chi connectivity index (χ4v) is 3.02. The molecule has 0 unspecified atom stereocenters. The van der Waals surface area contributed by atoms with Gasteiger partial charge >= 0.3 is 0 Å². The van der Waals surface area contributed by atoms with Crippen molar-refractivity contribution in [3.63, 3.8) is 0 Å². The first-order valence-electron chi connectivity index (χ1n) is 7.82. The number of benzene rings is 1. The molecule has 2 rings (SSSR count). The molecule has 20 heavy (non-hydrogen) atoms. The molecule has 1 saturated carbocycles. The minimum atomic E-state index is -0.0151. The van der Waals surface area contributed by atoms with Crippen LogP contribution in [0.4, 0.5) is 5.69 Å². The number of amides is 1. The highest BCUT2D eigenvalue weighted by atomic mass is 16.1. The molecule has 0 heterocycles. The first kappa shape index (κ1) is 15.0. The Hall–Kier alpha value is -1.35. The van der Waals surface area contributed by atoms with Gasteiger partial charge in [-0.2, -0.15) is 0 Å². The Morgan fingerprint density at radius 3 is 2.75 bits per heavy atom. The fraction of sp³-hybridized carbons (Fsp3) is 0.588. The fourth-order valence-electron chi connectivity index (χ4n) is 3.02. The van der Waals surface area contributed by atoms with Crippen LogP contribution in [0.25, 0.3) is 0 Å². The summed E-state index contributed by atoms with van der Waals surface area (Å²) in [5.74, 6) is 0.960. The Balaban J connectivity index is 1.69. The van der Waals surface area contributed by atoms with Crippen molar-refractivity contribution < 1.29 is 4.79 Å². The van der Waals surface area contributed by atoms with Crippen molar-refractivity contribution in [2.75, 3.05) is 11.9 Å². The van der Waals surface area contributed by atoms with E-state index in [1.165, 1.54) is 38.5 Å². The van der Waals surface area contributed by atoms with Crippen LogP contribution in [-0.4, -0.2) is 12.5 Å². The number of anilines is 1. The van der Waals surface area contributed by atoms with Crippen molar-refractivity contribution >= 4 is 11.6 Å². The van der Waals surface area contributed by atoms with Gasteiger partial charge in [-0.3, -0.25) is 4.79 Å². The van der Waals surface area contributed by atoms with Crippen LogP contribution >= 0.6 is 0 Å². The summed E-state index contributed by atoms with van der Waals surface area (Å²) < 4.78 is 0. The van der Waals surface area contributed by atoms with Crippen molar-refractivity contribution in [1.29, 1.82) is 0 Å². The third-order valence-corrected chi connectivity index (χ3v) is 4.08. The van der Waals surface area contributed by atoms with Crippen molar-refractivity contribution in [3.8, 4) is 0 Å². The van der Waals surface area contributed by atoms with Crippen LogP contribution < -0.4 is 10.6 Å². The first-order chi connectivity index (χ1) is 9.75. The molecule has 1 fully saturated rings. The molecule has 2 N–H and O–H groups in total. The molecule has 110 valence electrons. The zero-order chi connectivity index (χ0) is 14.2. The van der Waals surface area contributed by atoms with E-state index in [9.17, 15) is 4.79 Å². The summed E-state index contributed by atoms with van der Waals surface area (Å²) in [6, 6.07) is 7.99. The Morgan fingerprint density at radius 1 is 1.25 bits per heavy atom. The number of para-hydroxylation sites is 1. The van der Waals surface area contributed by atoms with Gasteiger partial charge in [0.05, 0.1) is 0 Å². The van der Waals surface area contributed by atoms with E-state index < -0.39 is 0 Å². The van der Waals surface area contributed by atoms with Crippen LogP contribution in [0, 0.1) is 5.92 Å². The minimum Gasteiger partial charge on any atom is -0.326 e. The smallest absolute Gasteiger partial charge is 0.221 e. The second-order valence-corrected chi connectivity index (χ2v) is 5.81. The van der Waals surface area contributed by atoms with Crippen LogP contribution in [0.15, 0.2) is 24.3 Å². The molecule has 0 saturated heterocycles. The molecule has 1 aliphatic carbocycles. The third kappa shape index (κ3) is 4.97. The van der Waals surface area contributed by atoms with Gasteiger partial charge in [0.1, 0.15) is 0 Å². The van der Waals surface area contributed by atoms with Gasteiger partial charge in [-0.15, -0.1) is 0 Å². The lowest BCUT2D eigenvalue weighted by atomic mass is 10.0. The lowest BCUT2D eigenvalue weighted by molar-refractivity contribution is -0.114. The molecule has 1 aromatic rings. The Labute approximate surface area is 122 Å². The molecule has 3 nitrogen and oxygen atoms in total. The second-order valence-electron chi connectivity index (χ2n) is 5.81. The summed E-state index contributed by atoms with van der Waals surface area (Å²) in [6.45, 7) is 3.43. The average Bonchev–Trinajstić information content (AvgIpc) is 2.93. The maximum atomic E-state index is 11.2. The Morgan fingerprint density at radius 2 is 2.00 bits per heavy atom. The standard InChI is InChI=1S/C17H26N2O/c1-14(20)19-17-11-5-4-10-16(17)13-18-12-6-9-15-7-2-3-8-15/h4-5,10-11,15,18H,2-3,6-9,12-13H2,1H3,(H,19,20). The predicted octanol–water partition coefficient (Wildman–Crippen LogP) is 3.71. The zero-order valence-electron chi connectivity index (χ0n) is 12.5. The number of carbonyl (C=O) groups excluding carboxylic acids is 1. The topological polar surface area (TPSA) is 41.1 Å². The molecule has 0 aliphatic heterocycles. The van der Waals surface area contributed by atoms with Crippen molar-refractivity contribution in [3.05, 3.63) is 29.8 Å². The van der Waals surface area contributed by atoms with Crippen LogP contribution in [-0.2, 0) is 11.3 Å². The summed E-state index contributed by atoms with van der Waals surface area (Å²) >= 11 is 0. The number of hydrogen-bond acceptors (Lipinski definition) is 2. The van der Waals surface area contributed by atoms with Crippen molar-refractivity contribution in [2.24, 2.45) is 5.92 Å². The van der Waals surface area contributed by atoms with E-state index in [1.807, 2.05) is 18.2 Å². The van der Waals surface area contributed by atoms with E-state index in [0.29, 0.717) is 0 Å². The summed E-state index contributed by atoms with van der Waals surface area (Å²) in [7, 11) is 0. The summed E-state index contributed by atoms with van der Waals surface area (Å²) in [6.07, 6.45) is 8.36. The lowest BCUT2D eigenvalue weighted by Gasteiger charge is -2.12. The van der Waals surface area contributed by atoms with Gasteiger partial charge in [0.25, 0.3) is 0 Å². The Bertz CT molecular complexity index is 425. The summed E-state index contributed by atoms with van der Waals surface area (Å²) in [5.41, 5.74) is 2.08. The van der Waals surface area contributed by atoms with E-state index >= 15 is 0 Å². The molecule has 0 aromatic heterocycles. The van der Waals surface area contributed by atoms with E-state index in [0.717, 1.165) is 30.3 Å². The van der Waals surface area contributed by atoms with Crippen LogP contribution in [0.2, 0.25) is 0 Å². The highest BCUT2D eigenvalue weighted by molar-refractivity contribution is 5.89. The van der Waals surface area contributed by atoms with Crippen molar-refractivity contribution in [1.82, 2.24) is 5.32 Å². The summed E-state index contributed by atoms with van der Waals surface area (Å²) in [4.78, 5) is 11.2. The van der Waals surface area contributed by atoms with Crippen LogP contribution in [0.5, 0.6) is 0 Å². The quantitative estimate of drug-likeness (QED) is 0.744. The van der Waals surface area contributed by atoms with E-state index in [2.05, 4.69) is 16.7 Å². The second kappa shape index (κ2) is 8.05. The van der Waals surface area contributed by atoms with Crippen LogP contribution in [0.3, 0.4) is 0 Å². The van der Waals surface area contributed by atoms with Gasteiger partial charge in [0.15, 0.2) is 0 Å². The Kier molecular flexibility index (Phi) is 6.06. The normalized spacial score (nSPS) is 15.4. The third-order valence-electron chi connectivity index (χ3n) is 4.08. The molecule has 1 aliphatic rings. The van der Waals surface area contributed by atoms with Gasteiger partial charge in [0, 0.05) is 19.2 Å². The van der Waals surface area contributed by atoms with Gasteiger partial charge < -0.3 is 10.6 Å². The molecule has 0 spiro atoms. The first-order valence-corrected chi connectivity index (χ1v) is 7.82. The monoisotopic (exact) mass is 274 g/mol. The van der Waals surface area contributed by atoms with Gasteiger partial charge in [-0.05, 0) is 36.9 Å². The molecule has 0 atom stereocenters. The van der Waals surface area contributed by atoms with Gasteiger partial charge in [-0.1, -0.05) is 43.9 Å². The largest absolute Gasteiger partial charge is 0.326 e. The number of nitrogens with one attached hydrogen (secondary N) is 2. The van der Waals surface area contributed by atoms with Gasteiger partial charge in [0.2, 0.25) is 5.91 Å². The zero-order valence-corrected chi connectivity index (χ0v) is 12.5. The van der Waals surface area contributed by atoms with Gasteiger partial charge in [-0.25, -0.2) is 0 Å². The van der Waals surface area contributed by atoms with E-state index in [-0.39, 0.29) is 5.91 Å². The van der Waals surface area contributed by atoms with E-state index in [4.69, 9.17) is 0 Å². The van der Waals surface area contributed by atoms with E-state index in [1.54, 1.807) is 6.92 Å². The number of rotatable bonds is 7. The highest BCUT2D eigenvalue weighted by Crippen LogP contribution is 2.28. The molecule has 0 bridgehead atoms. The molecule has 1 amide bonds. The lowest BCUT2D eigenvalue weighted by Crippen LogP contribution is -2.17. The maximum Gasteiger partial charge on any atom is 0.221 e. The van der Waals surface area contributed by atoms with Crippen LogP contribution in [0.1, 0.15) is 51.0 Å². The number of hydrogen-bond donors (Lipinski definition) is 2.